The maximum atomic E-state index is 12.7. The minimum Gasteiger partial charge on any atom is -0.355 e. The summed E-state index contributed by atoms with van der Waals surface area (Å²) in [5.74, 6) is -0.376. The number of fused-ring (bicyclic) bond motifs is 1. The van der Waals surface area contributed by atoms with Crippen molar-refractivity contribution in [1.29, 1.82) is 0 Å². The van der Waals surface area contributed by atoms with Gasteiger partial charge in [-0.1, -0.05) is 18.7 Å². The first-order chi connectivity index (χ1) is 12.4. The molecule has 0 spiro atoms. The third-order valence-electron chi connectivity index (χ3n) is 3.92. The fourth-order valence-electron chi connectivity index (χ4n) is 2.38. The molecule has 0 unspecified atom stereocenters. The van der Waals surface area contributed by atoms with Crippen LogP contribution in [0, 0.1) is 13.8 Å². The predicted octanol–water partition coefficient (Wildman–Crippen LogP) is 1.83. The zero-order valence-electron chi connectivity index (χ0n) is 15.5. The van der Waals surface area contributed by atoms with Crippen LogP contribution in [-0.4, -0.2) is 40.2 Å². The summed E-state index contributed by atoms with van der Waals surface area (Å²) >= 11 is 2.70. The van der Waals surface area contributed by atoms with Crippen LogP contribution in [0.5, 0.6) is 0 Å². The van der Waals surface area contributed by atoms with Crippen LogP contribution < -0.4 is 16.2 Å². The average molecular weight is 397 g/mol. The van der Waals surface area contributed by atoms with Crippen molar-refractivity contribution in [3.8, 4) is 0 Å². The molecule has 0 aliphatic rings. The van der Waals surface area contributed by atoms with E-state index < -0.39 is 0 Å². The van der Waals surface area contributed by atoms with Crippen molar-refractivity contribution in [3.63, 3.8) is 0 Å². The summed E-state index contributed by atoms with van der Waals surface area (Å²) in [5.41, 5.74) is 0.901. The normalized spacial score (nSPS) is 10.9. The first-order valence-corrected chi connectivity index (χ1v) is 10.4. The van der Waals surface area contributed by atoms with Crippen molar-refractivity contribution >= 4 is 45.1 Å². The molecule has 2 rings (SSSR count). The number of hydrogen-bond acceptors (Lipinski definition) is 6. The molecule has 9 heteroatoms. The molecule has 0 fully saturated rings. The molecule has 0 atom stereocenters. The number of nitrogens with zero attached hydrogens (tertiary/aromatic N) is 2. The number of thiophene rings is 1. The highest BCUT2D eigenvalue weighted by Crippen LogP contribution is 2.28. The minimum atomic E-state index is -0.266. The SMILES string of the molecule is CCCNC(=O)CNC(=O)CSc1nc2sc(C)c(C)c2c(=O)n1CC. The number of aryl methyl sites for hydroxylation is 2. The third kappa shape index (κ3) is 4.64. The molecule has 26 heavy (non-hydrogen) atoms. The topological polar surface area (TPSA) is 93.1 Å². The first kappa shape index (κ1) is 20.4. The van der Waals surface area contributed by atoms with Crippen LogP contribution in [0.2, 0.25) is 0 Å². The van der Waals surface area contributed by atoms with E-state index in [-0.39, 0.29) is 29.7 Å². The summed E-state index contributed by atoms with van der Waals surface area (Å²) in [6, 6.07) is 0. The molecule has 7 nitrogen and oxygen atoms in total. The monoisotopic (exact) mass is 396 g/mol. The maximum absolute atomic E-state index is 12.7. The molecular formula is C17H24N4O3S2. The summed E-state index contributed by atoms with van der Waals surface area (Å²) in [4.78, 5) is 42.6. The molecular weight excluding hydrogens is 372 g/mol. The van der Waals surface area contributed by atoms with E-state index in [0.717, 1.165) is 16.9 Å². The highest BCUT2D eigenvalue weighted by molar-refractivity contribution is 7.99. The Bertz CT molecular complexity index is 873. The Morgan fingerprint density at radius 3 is 2.58 bits per heavy atom. The number of carbonyl (C=O) groups is 2. The van der Waals surface area contributed by atoms with Gasteiger partial charge in [-0.05, 0) is 32.8 Å². The Labute approximate surface area is 160 Å². The van der Waals surface area contributed by atoms with Crippen molar-refractivity contribution in [3.05, 3.63) is 20.8 Å². The van der Waals surface area contributed by atoms with E-state index in [1.807, 2.05) is 27.7 Å². The lowest BCUT2D eigenvalue weighted by Crippen LogP contribution is -2.38. The largest absolute Gasteiger partial charge is 0.355 e. The fourth-order valence-corrected chi connectivity index (χ4v) is 4.35. The van der Waals surface area contributed by atoms with Gasteiger partial charge in [0.15, 0.2) is 5.16 Å². The van der Waals surface area contributed by atoms with E-state index in [1.54, 1.807) is 4.57 Å². The molecule has 0 aliphatic carbocycles. The summed E-state index contributed by atoms with van der Waals surface area (Å²) < 4.78 is 1.59. The van der Waals surface area contributed by atoms with Gasteiger partial charge in [-0.15, -0.1) is 11.3 Å². The summed E-state index contributed by atoms with van der Waals surface area (Å²) in [6.45, 7) is 8.78. The zero-order valence-corrected chi connectivity index (χ0v) is 17.1. The number of aromatic nitrogens is 2. The summed E-state index contributed by atoms with van der Waals surface area (Å²) in [7, 11) is 0. The Morgan fingerprint density at radius 1 is 1.19 bits per heavy atom. The van der Waals surface area contributed by atoms with Gasteiger partial charge >= 0.3 is 0 Å². The number of thioether (sulfide) groups is 1. The quantitative estimate of drug-likeness (QED) is 0.524. The minimum absolute atomic E-state index is 0.0459. The predicted molar refractivity (Wildman–Crippen MR) is 106 cm³/mol. The Hall–Kier alpha value is -1.87. The number of amides is 2. The van der Waals surface area contributed by atoms with Crippen LogP contribution in [0.25, 0.3) is 10.2 Å². The van der Waals surface area contributed by atoms with Crippen LogP contribution in [-0.2, 0) is 16.1 Å². The molecule has 0 radical (unpaired) electrons. The summed E-state index contributed by atoms with van der Waals surface area (Å²) in [6.07, 6.45) is 0.847. The molecule has 2 heterocycles. The Morgan fingerprint density at radius 2 is 1.92 bits per heavy atom. The molecule has 142 valence electrons. The summed E-state index contributed by atoms with van der Waals surface area (Å²) in [5, 5.41) is 6.47. The lowest BCUT2D eigenvalue weighted by atomic mass is 10.2. The van der Waals surface area contributed by atoms with Crippen molar-refractivity contribution in [2.24, 2.45) is 0 Å². The van der Waals surface area contributed by atoms with E-state index in [9.17, 15) is 14.4 Å². The van der Waals surface area contributed by atoms with Gasteiger partial charge in [0, 0.05) is 18.0 Å². The molecule has 0 aliphatic heterocycles. The second kappa shape index (κ2) is 9.18. The number of hydrogen-bond donors (Lipinski definition) is 2. The van der Waals surface area contributed by atoms with Crippen LogP contribution in [0.3, 0.4) is 0 Å². The fraction of sp³-hybridized carbons (Fsp3) is 0.529. The Kier molecular flexibility index (Phi) is 7.22. The second-order valence-corrected chi connectivity index (χ2v) is 7.97. The lowest BCUT2D eigenvalue weighted by Gasteiger charge is -2.10. The standard InChI is InChI=1S/C17H24N4O3S2/c1-5-7-18-12(22)8-19-13(23)9-25-17-20-15-14(10(3)11(4)26-15)16(24)21(17)6-2/h5-9H2,1-4H3,(H,18,22)(H,19,23). The number of carbonyl (C=O) groups excluding carboxylic acids is 2. The van der Waals surface area contributed by atoms with Gasteiger partial charge in [-0.3, -0.25) is 19.0 Å². The smallest absolute Gasteiger partial charge is 0.263 e. The van der Waals surface area contributed by atoms with Gasteiger partial charge in [0.25, 0.3) is 5.56 Å². The van der Waals surface area contributed by atoms with Gasteiger partial charge in [0.05, 0.1) is 17.7 Å². The molecule has 0 aromatic carbocycles. The number of nitrogens with one attached hydrogen (secondary N) is 2. The van der Waals surface area contributed by atoms with Crippen molar-refractivity contribution < 1.29 is 9.59 Å². The highest BCUT2D eigenvalue weighted by atomic mass is 32.2. The lowest BCUT2D eigenvalue weighted by molar-refractivity contribution is -0.124. The van der Waals surface area contributed by atoms with E-state index in [0.29, 0.717) is 28.5 Å². The van der Waals surface area contributed by atoms with E-state index in [2.05, 4.69) is 15.6 Å². The van der Waals surface area contributed by atoms with E-state index in [4.69, 9.17) is 0 Å². The van der Waals surface area contributed by atoms with Crippen molar-refractivity contribution in [1.82, 2.24) is 20.2 Å². The van der Waals surface area contributed by atoms with Crippen molar-refractivity contribution in [2.45, 2.75) is 45.8 Å². The van der Waals surface area contributed by atoms with Gasteiger partial charge in [-0.2, -0.15) is 0 Å². The second-order valence-electron chi connectivity index (χ2n) is 5.82. The highest BCUT2D eigenvalue weighted by Gasteiger charge is 2.17. The molecule has 2 amide bonds. The van der Waals surface area contributed by atoms with Crippen LogP contribution >= 0.6 is 23.1 Å². The van der Waals surface area contributed by atoms with E-state index in [1.165, 1.54) is 23.1 Å². The number of rotatable bonds is 8. The zero-order chi connectivity index (χ0) is 19.3. The van der Waals surface area contributed by atoms with E-state index >= 15 is 0 Å². The van der Waals surface area contributed by atoms with Crippen molar-refractivity contribution in [2.75, 3.05) is 18.8 Å². The van der Waals surface area contributed by atoms with Crippen LogP contribution in [0.15, 0.2) is 9.95 Å². The average Bonchev–Trinajstić information content (AvgIpc) is 2.90. The van der Waals surface area contributed by atoms with Crippen LogP contribution in [0.4, 0.5) is 0 Å². The van der Waals surface area contributed by atoms with Crippen LogP contribution in [0.1, 0.15) is 30.7 Å². The molecule has 2 N–H and O–H groups in total. The van der Waals surface area contributed by atoms with Gasteiger partial charge in [0.2, 0.25) is 11.8 Å². The molecule has 0 saturated heterocycles. The Balaban J connectivity index is 2.07. The third-order valence-corrected chi connectivity index (χ3v) is 6.00. The first-order valence-electron chi connectivity index (χ1n) is 8.55. The van der Waals surface area contributed by atoms with Gasteiger partial charge in [-0.25, -0.2) is 4.98 Å². The molecule has 2 aromatic rings. The maximum Gasteiger partial charge on any atom is 0.263 e. The molecule has 2 aromatic heterocycles. The van der Waals surface area contributed by atoms with Gasteiger partial charge in [0.1, 0.15) is 4.83 Å². The molecule has 0 saturated carbocycles. The van der Waals surface area contributed by atoms with Gasteiger partial charge < -0.3 is 10.6 Å². The molecule has 0 bridgehead atoms.